The maximum Gasteiger partial charge on any atom is 0.321 e. The summed E-state index contributed by atoms with van der Waals surface area (Å²) in [6.45, 7) is -0.245. The van der Waals surface area contributed by atoms with Gasteiger partial charge in [0.15, 0.2) is 5.13 Å². The normalized spacial score (nSPS) is 10.5. The van der Waals surface area contributed by atoms with E-state index in [4.69, 9.17) is 23.2 Å². The lowest BCUT2D eigenvalue weighted by molar-refractivity contribution is -0.120. The minimum atomic E-state index is -0.534. The number of benzene rings is 1. The Hall–Kier alpha value is -2.16. The molecule has 0 saturated carbocycles. The molecular weight excluding hydrogens is 361 g/mol. The van der Waals surface area contributed by atoms with E-state index in [-0.39, 0.29) is 6.54 Å². The van der Waals surface area contributed by atoms with Crippen LogP contribution in [-0.4, -0.2) is 29.7 Å². The highest BCUT2D eigenvalue weighted by Gasteiger charge is 2.06. The van der Waals surface area contributed by atoms with Crippen LogP contribution in [0.25, 0.3) is 0 Å². The van der Waals surface area contributed by atoms with Gasteiger partial charge in [0.2, 0.25) is 0 Å². The fourth-order valence-corrected chi connectivity index (χ4v) is 2.45. The second kappa shape index (κ2) is 8.47. The fraction of sp³-hybridized carbons (Fsp3) is 0.0769. The number of nitrogens with one attached hydrogen (secondary N) is 3. The van der Waals surface area contributed by atoms with Crippen molar-refractivity contribution in [1.82, 2.24) is 15.7 Å². The third kappa shape index (κ3) is 5.51. The highest BCUT2D eigenvalue weighted by molar-refractivity contribution is 7.13. The molecule has 0 fully saturated rings. The van der Waals surface area contributed by atoms with Gasteiger partial charge >= 0.3 is 6.03 Å². The van der Waals surface area contributed by atoms with Crippen LogP contribution in [-0.2, 0) is 4.79 Å². The number of hydrazone groups is 1. The average Bonchev–Trinajstić information content (AvgIpc) is 3.01. The number of carbonyl (C=O) groups excluding carboxylic acids is 2. The number of nitrogens with zero attached hydrogens (tertiary/aromatic N) is 2. The first-order chi connectivity index (χ1) is 11.1. The third-order valence-corrected chi connectivity index (χ3v) is 3.79. The predicted octanol–water partition coefficient (Wildman–Crippen LogP) is 2.72. The molecule has 3 N–H and O–H groups in total. The summed E-state index contributed by atoms with van der Waals surface area (Å²) >= 11 is 13.2. The molecular formula is C13H11Cl2N5O2S. The number of aromatic nitrogens is 1. The highest BCUT2D eigenvalue weighted by Crippen LogP contribution is 2.21. The Morgan fingerprint density at radius 3 is 2.70 bits per heavy atom. The lowest BCUT2D eigenvalue weighted by Gasteiger charge is -2.04. The van der Waals surface area contributed by atoms with Crippen molar-refractivity contribution in [2.45, 2.75) is 0 Å². The molecule has 2 aromatic rings. The first-order valence-corrected chi connectivity index (χ1v) is 7.90. The molecule has 0 saturated heterocycles. The summed E-state index contributed by atoms with van der Waals surface area (Å²) in [5.74, 6) is -0.501. The van der Waals surface area contributed by atoms with Gasteiger partial charge in [-0.15, -0.1) is 11.3 Å². The Kier molecular flexibility index (Phi) is 6.33. The quantitative estimate of drug-likeness (QED) is 0.556. The van der Waals surface area contributed by atoms with Crippen molar-refractivity contribution in [3.8, 4) is 0 Å². The number of amides is 3. The van der Waals surface area contributed by atoms with E-state index in [1.807, 2.05) is 0 Å². The van der Waals surface area contributed by atoms with Crippen molar-refractivity contribution in [3.05, 3.63) is 45.4 Å². The SMILES string of the molecule is O=C(CNC(=O)Nc1nccs1)N/N=C\c1c(Cl)cccc1Cl. The molecule has 0 aliphatic carbocycles. The Balaban J connectivity index is 1.77. The molecule has 0 unspecified atom stereocenters. The molecule has 10 heteroatoms. The summed E-state index contributed by atoms with van der Waals surface area (Å²) in [6.07, 6.45) is 2.89. The number of rotatable bonds is 5. The number of hydrogen-bond donors (Lipinski definition) is 3. The zero-order chi connectivity index (χ0) is 16.7. The first kappa shape index (κ1) is 17.2. The van der Waals surface area contributed by atoms with E-state index in [9.17, 15) is 9.59 Å². The van der Waals surface area contributed by atoms with Gasteiger partial charge < -0.3 is 5.32 Å². The van der Waals surface area contributed by atoms with Crippen molar-refractivity contribution >= 4 is 57.8 Å². The van der Waals surface area contributed by atoms with Gasteiger partial charge in [-0.3, -0.25) is 10.1 Å². The van der Waals surface area contributed by atoms with Crippen LogP contribution in [0.2, 0.25) is 10.0 Å². The first-order valence-electron chi connectivity index (χ1n) is 6.26. The summed E-state index contributed by atoms with van der Waals surface area (Å²) in [7, 11) is 0. The summed E-state index contributed by atoms with van der Waals surface area (Å²) in [5, 5.41) is 11.6. The summed E-state index contributed by atoms with van der Waals surface area (Å²) in [6, 6.07) is 4.47. The van der Waals surface area contributed by atoms with Crippen LogP contribution in [0.15, 0.2) is 34.9 Å². The molecule has 23 heavy (non-hydrogen) atoms. The van der Waals surface area contributed by atoms with Gasteiger partial charge in [0, 0.05) is 17.1 Å². The monoisotopic (exact) mass is 371 g/mol. The van der Waals surface area contributed by atoms with Gasteiger partial charge in [0.1, 0.15) is 6.54 Å². The summed E-state index contributed by atoms with van der Waals surface area (Å²) in [4.78, 5) is 26.9. The van der Waals surface area contributed by atoms with Crippen molar-refractivity contribution < 1.29 is 9.59 Å². The van der Waals surface area contributed by atoms with Crippen LogP contribution in [0, 0.1) is 0 Å². The van der Waals surface area contributed by atoms with Crippen LogP contribution in [0.3, 0.4) is 0 Å². The van der Waals surface area contributed by atoms with Crippen molar-refractivity contribution in [1.29, 1.82) is 0 Å². The molecule has 1 heterocycles. The van der Waals surface area contributed by atoms with E-state index in [0.717, 1.165) is 0 Å². The van der Waals surface area contributed by atoms with Gasteiger partial charge in [0.25, 0.3) is 5.91 Å². The second-order valence-corrected chi connectivity index (χ2v) is 5.78. The fourth-order valence-electron chi connectivity index (χ4n) is 1.43. The molecule has 1 aromatic carbocycles. The van der Waals surface area contributed by atoms with Crippen LogP contribution in [0.5, 0.6) is 0 Å². The molecule has 0 aliphatic heterocycles. The lowest BCUT2D eigenvalue weighted by Crippen LogP contribution is -2.37. The van der Waals surface area contributed by atoms with E-state index in [1.54, 1.807) is 29.8 Å². The van der Waals surface area contributed by atoms with E-state index in [0.29, 0.717) is 20.7 Å². The molecule has 0 radical (unpaired) electrons. The standard InChI is InChI=1S/C13H11Cl2N5O2S/c14-9-2-1-3-10(15)8(9)6-18-20-11(21)7-17-12(22)19-13-16-4-5-23-13/h1-6H,7H2,(H,20,21)(H2,16,17,19,22)/b18-6-. The predicted molar refractivity (Wildman–Crippen MR) is 91.3 cm³/mol. The van der Waals surface area contributed by atoms with Crippen LogP contribution in [0.4, 0.5) is 9.93 Å². The average molecular weight is 372 g/mol. The Morgan fingerprint density at radius 2 is 2.04 bits per heavy atom. The molecule has 0 aliphatic rings. The highest BCUT2D eigenvalue weighted by atomic mass is 35.5. The van der Waals surface area contributed by atoms with E-state index in [2.05, 4.69) is 26.1 Å². The van der Waals surface area contributed by atoms with Crippen LogP contribution in [0.1, 0.15) is 5.56 Å². The van der Waals surface area contributed by atoms with Gasteiger partial charge in [-0.25, -0.2) is 15.2 Å². The number of thiazole rings is 1. The zero-order valence-electron chi connectivity index (χ0n) is 11.5. The lowest BCUT2D eigenvalue weighted by atomic mass is 10.2. The molecule has 0 atom stereocenters. The maximum atomic E-state index is 11.6. The summed E-state index contributed by atoms with van der Waals surface area (Å²) in [5.41, 5.74) is 2.75. The zero-order valence-corrected chi connectivity index (χ0v) is 13.9. The van der Waals surface area contributed by atoms with Crippen LogP contribution >= 0.6 is 34.5 Å². The third-order valence-electron chi connectivity index (χ3n) is 2.44. The van der Waals surface area contributed by atoms with Gasteiger partial charge in [-0.1, -0.05) is 29.3 Å². The number of carbonyl (C=O) groups is 2. The Morgan fingerprint density at radius 1 is 1.30 bits per heavy atom. The maximum absolute atomic E-state index is 11.6. The largest absolute Gasteiger partial charge is 0.329 e. The molecule has 0 spiro atoms. The molecule has 3 amide bonds. The molecule has 120 valence electrons. The minimum absolute atomic E-state index is 0.245. The van der Waals surface area contributed by atoms with E-state index >= 15 is 0 Å². The smallest absolute Gasteiger partial charge is 0.321 e. The van der Waals surface area contributed by atoms with Crippen molar-refractivity contribution in [2.24, 2.45) is 5.10 Å². The molecule has 1 aromatic heterocycles. The Labute approximate surface area is 145 Å². The second-order valence-electron chi connectivity index (χ2n) is 4.07. The molecule has 2 rings (SSSR count). The number of anilines is 1. The number of urea groups is 1. The number of hydrogen-bond acceptors (Lipinski definition) is 5. The van der Waals surface area contributed by atoms with Crippen LogP contribution < -0.4 is 16.1 Å². The topological polar surface area (TPSA) is 95.5 Å². The molecule has 7 nitrogen and oxygen atoms in total. The van der Waals surface area contributed by atoms with Gasteiger partial charge in [-0.05, 0) is 12.1 Å². The van der Waals surface area contributed by atoms with Gasteiger partial charge in [0.05, 0.1) is 16.3 Å². The van der Waals surface area contributed by atoms with Gasteiger partial charge in [-0.2, -0.15) is 5.10 Å². The van der Waals surface area contributed by atoms with Crippen molar-refractivity contribution in [2.75, 3.05) is 11.9 Å². The number of halogens is 2. The Bertz CT molecular complexity index is 701. The minimum Gasteiger partial charge on any atom is -0.329 e. The van der Waals surface area contributed by atoms with E-state index in [1.165, 1.54) is 17.6 Å². The summed E-state index contributed by atoms with van der Waals surface area (Å²) < 4.78 is 0. The van der Waals surface area contributed by atoms with E-state index < -0.39 is 11.9 Å². The molecule has 0 bridgehead atoms. The van der Waals surface area contributed by atoms with Crippen molar-refractivity contribution in [3.63, 3.8) is 0 Å².